The van der Waals surface area contributed by atoms with E-state index in [2.05, 4.69) is 4.90 Å². The molecule has 3 aromatic rings. The van der Waals surface area contributed by atoms with Gasteiger partial charge in [0.2, 0.25) is 5.76 Å². The van der Waals surface area contributed by atoms with Gasteiger partial charge in [0.25, 0.3) is 5.91 Å². The summed E-state index contributed by atoms with van der Waals surface area (Å²) in [5.41, 5.74) is 0.602. The fraction of sp³-hybridized carbons (Fsp3) is 0.333. The number of fused-ring (bicyclic) bond motifs is 2. The second-order valence-electron chi connectivity index (χ2n) is 7.18. The van der Waals surface area contributed by atoms with Crippen molar-refractivity contribution < 1.29 is 13.9 Å². The van der Waals surface area contributed by atoms with Crippen LogP contribution in [0.1, 0.15) is 27.0 Å². The molecule has 2 aliphatic heterocycles. The van der Waals surface area contributed by atoms with Gasteiger partial charge in [0, 0.05) is 36.1 Å². The molecule has 6 nitrogen and oxygen atoms in total. The molecule has 0 N–H and O–H groups in total. The van der Waals surface area contributed by atoms with E-state index in [-0.39, 0.29) is 17.1 Å². The highest BCUT2D eigenvalue weighted by molar-refractivity contribution is 7.10. The third kappa shape index (κ3) is 3.28. The van der Waals surface area contributed by atoms with Gasteiger partial charge < -0.3 is 14.1 Å². The van der Waals surface area contributed by atoms with Gasteiger partial charge in [-0.15, -0.1) is 11.3 Å². The number of hydrogen-bond donors (Lipinski definition) is 0. The van der Waals surface area contributed by atoms with Crippen LogP contribution in [0, 0.1) is 0 Å². The highest BCUT2D eigenvalue weighted by Crippen LogP contribution is 2.39. The molecule has 0 aliphatic carbocycles. The molecule has 0 spiro atoms. The zero-order valence-electron chi connectivity index (χ0n) is 15.6. The molecule has 1 saturated heterocycles. The van der Waals surface area contributed by atoms with Gasteiger partial charge in [-0.25, -0.2) is 0 Å². The van der Waals surface area contributed by atoms with E-state index in [1.165, 1.54) is 11.3 Å². The number of ether oxygens (including phenoxy) is 1. The number of rotatable bonds is 4. The average molecular weight is 431 g/mol. The summed E-state index contributed by atoms with van der Waals surface area (Å²) in [6.45, 7) is 4.34. The smallest absolute Gasteiger partial charge is 0.290 e. The highest BCUT2D eigenvalue weighted by Gasteiger charge is 2.43. The summed E-state index contributed by atoms with van der Waals surface area (Å²) >= 11 is 7.63. The Balaban J connectivity index is 1.58. The van der Waals surface area contributed by atoms with E-state index >= 15 is 0 Å². The van der Waals surface area contributed by atoms with Crippen molar-refractivity contribution >= 4 is 39.8 Å². The molecule has 2 aromatic heterocycles. The van der Waals surface area contributed by atoms with Crippen molar-refractivity contribution in [2.75, 3.05) is 39.4 Å². The van der Waals surface area contributed by atoms with Crippen LogP contribution in [0.2, 0.25) is 5.02 Å². The quantitative estimate of drug-likeness (QED) is 0.635. The summed E-state index contributed by atoms with van der Waals surface area (Å²) in [5.74, 6) is -0.0918. The van der Waals surface area contributed by atoms with E-state index in [0.717, 1.165) is 24.5 Å². The van der Waals surface area contributed by atoms with Gasteiger partial charge in [0.05, 0.1) is 30.2 Å². The maximum Gasteiger partial charge on any atom is 0.290 e. The first-order valence-electron chi connectivity index (χ1n) is 9.54. The number of morpholine rings is 1. The Labute approximate surface area is 176 Å². The van der Waals surface area contributed by atoms with Gasteiger partial charge in [-0.2, -0.15) is 0 Å². The van der Waals surface area contributed by atoms with Crippen LogP contribution in [0.4, 0.5) is 0 Å². The minimum Gasteiger partial charge on any atom is -0.450 e. The van der Waals surface area contributed by atoms with Crippen molar-refractivity contribution in [3.05, 3.63) is 67.2 Å². The fourth-order valence-electron chi connectivity index (χ4n) is 4.04. The van der Waals surface area contributed by atoms with Gasteiger partial charge >= 0.3 is 0 Å². The van der Waals surface area contributed by atoms with Crippen molar-refractivity contribution in [3.8, 4) is 0 Å². The molecule has 150 valence electrons. The topological polar surface area (TPSA) is 63.0 Å². The van der Waals surface area contributed by atoms with Crippen molar-refractivity contribution in [1.29, 1.82) is 0 Å². The number of nitrogens with zero attached hydrogens (tertiary/aromatic N) is 2. The molecule has 1 amide bonds. The Bertz CT molecular complexity index is 1120. The van der Waals surface area contributed by atoms with Crippen molar-refractivity contribution in [2.24, 2.45) is 0 Å². The maximum absolute atomic E-state index is 13.4. The lowest BCUT2D eigenvalue weighted by molar-refractivity contribution is 0.0315. The summed E-state index contributed by atoms with van der Waals surface area (Å²) < 4.78 is 11.3. The third-order valence-electron chi connectivity index (χ3n) is 5.50. The monoisotopic (exact) mass is 430 g/mol. The van der Waals surface area contributed by atoms with Gasteiger partial charge in [-0.3, -0.25) is 14.5 Å². The van der Waals surface area contributed by atoms with Crippen LogP contribution in [-0.2, 0) is 4.74 Å². The molecule has 8 heteroatoms. The van der Waals surface area contributed by atoms with Crippen molar-refractivity contribution in [3.63, 3.8) is 0 Å². The Morgan fingerprint density at radius 1 is 1.14 bits per heavy atom. The number of thiophene rings is 1. The first-order chi connectivity index (χ1) is 14.1. The molecular formula is C21H19ClN2O4S. The average Bonchev–Trinajstić information content (AvgIpc) is 3.35. The number of carbonyl (C=O) groups is 1. The van der Waals surface area contributed by atoms with Gasteiger partial charge in [0.15, 0.2) is 5.43 Å². The van der Waals surface area contributed by atoms with Crippen molar-refractivity contribution in [1.82, 2.24) is 9.80 Å². The summed E-state index contributed by atoms with van der Waals surface area (Å²) in [6, 6.07) is 8.37. The Hall–Kier alpha value is -2.19. The molecule has 1 aromatic carbocycles. The number of benzene rings is 1. The van der Waals surface area contributed by atoms with Crippen LogP contribution in [0.3, 0.4) is 0 Å². The molecule has 0 unspecified atom stereocenters. The molecule has 5 rings (SSSR count). The standard InChI is InChI=1S/C21H19ClN2O4S/c22-13-3-4-15-14(12-13)19(25)17-18(16-2-1-11-29-16)24(21(26)20(17)28-15)6-5-23-7-9-27-10-8-23/h1-4,11-12,18H,5-10H2/t18-/m1/s1. The van der Waals surface area contributed by atoms with E-state index < -0.39 is 6.04 Å². The van der Waals surface area contributed by atoms with Crippen LogP contribution in [0.5, 0.6) is 0 Å². The first-order valence-corrected chi connectivity index (χ1v) is 10.8. The third-order valence-corrected chi connectivity index (χ3v) is 6.66. The summed E-state index contributed by atoms with van der Waals surface area (Å²) in [5, 5.41) is 2.82. The van der Waals surface area contributed by atoms with Crippen molar-refractivity contribution in [2.45, 2.75) is 6.04 Å². The predicted octanol–water partition coefficient (Wildman–Crippen LogP) is 3.39. The molecule has 0 bridgehead atoms. The van der Waals surface area contributed by atoms with Gasteiger partial charge in [-0.1, -0.05) is 17.7 Å². The normalized spacial score (nSPS) is 19.8. The predicted molar refractivity (Wildman–Crippen MR) is 112 cm³/mol. The van der Waals surface area contributed by atoms with E-state index in [1.54, 1.807) is 23.1 Å². The lowest BCUT2D eigenvalue weighted by atomic mass is 10.0. The molecular weight excluding hydrogens is 412 g/mol. The molecule has 1 fully saturated rings. The number of carbonyl (C=O) groups excluding carboxylic acids is 1. The number of hydrogen-bond acceptors (Lipinski definition) is 6. The van der Waals surface area contributed by atoms with E-state index in [4.69, 9.17) is 20.8 Å². The zero-order valence-corrected chi connectivity index (χ0v) is 17.2. The van der Waals surface area contributed by atoms with E-state index in [9.17, 15) is 9.59 Å². The summed E-state index contributed by atoms with van der Waals surface area (Å²) in [6.07, 6.45) is 0. The summed E-state index contributed by atoms with van der Waals surface area (Å²) in [7, 11) is 0. The van der Waals surface area contributed by atoms with Gasteiger partial charge in [0.1, 0.15) is 5.58 Å². The molecule has 4 heterocycles. The molecule has 2 aliphatic rings. The van der Waals surface area contributed by atoms with Crippen LogP contribution in [0.25, 0.3) is 11.0 Å². The van der Waals surface area contributed by atoms with E-state index in [1.807, 2.05) is 17.5 Å². The lowest BCUT2D eigenvalue weighted by Crippen LogP contribution is -2.42. The number of halogens is 1. The first kappa shape index (κ1) is 18.8. The lowest BCUT2D eigenvalue weighted by Gasteiger charge is -2.30. The molecule has 1 atom stereocenters. The SMILES string of the molecule is O=C1c2oc3ccc(Cl)cc3c(=O)c2[C@@H](c2cccs2)N1CCN1CCOCC1. The second kappa shape index (κ2) is 7.57. The van der Waals surface area contributed by atoms with Crippen LogP contribution < -0.4 is 5.43 Å². The highest BCUT2D eigenvalue weighted by atomic mass is 35.5. The fourth-order valence-corrected chi connectivity index (χ4v) is 5.06. The minimum absolute atomic E-state index is 0.144. The van der Waals surface area contributed by atoms with Crippen LogP contribution in [-0.4, -0.2) is 55.1 Å². The maximum atomic E-state index is 13.4. The summed E-state index contributed by atoms with van der Waals surface area (Å²) in [4.78, 5) is 31.6. The van der Waals surface area contributed by atoms with Crippen LogP contribution >= 0.6 is 22.9 Å². The van der Waals surface area contributed by atoms with Crippen LogP contribution in [0.15, 0.2) is 44.9 Å². The number of amides is 1. The zero-order chi connectivity index (χ0) is 20.0. The minimum atomic E-state index is -0.432. The van der Waals surface area contributed by atoms with Gasteiger partial charge in [-0.05, 0) is 29.6 Å². The Morgan fingerprint density at radius 2 is 1.97 bits per heavy atom. The Kier molecular flexibility index (Phi) is 4.91. The largest absolute Gasteiger partial charge is 0.450 e. The van der Waals surface area contributed by atoms with E-state index in [0.29, 0.717) is 41.3 Å². The second-order valence-corrected chi connectivity index (χ2v) is 8.60. The molecule has 29 heavy (non-hydrogen) atoms. The molecule has 0 saturated carbocycles. The molecule has 0 radical (unpaired) electrons. The Morgan fingerprint density at radius 3 is 2.72 bits per heavy atom.